The van der Waals surface area contributed by atoms with E-state index in [4.69, 9.17) is 15.0 Å². The summed E-state index contributed by atoms with van der Waals surface area (Å²) in [5, 5.41) is 4.55. The molecule has 0 aliphatic carbocycles. The van der Waals surface area contributed by atoms with Crippen LogP contribution in [0.2, 0.25) is 0 Å². The average Bonchev–Trinajstić information content (AvgIpc) is 3.88. The second-order valence-corrected chi connectivity index (χ2v) is 15.6. The number of hydrogen-bond donors (Lipinski definition) is 0. The minimum Gasteiger partial charge on any atom is -0.309 e. The number of benzene rings is 9. The highest BCUT2D eigenvalue weighted by Gasteiger charge is 2.24. The lowest BCUT2D eigenvalue weighted by molar-refractivity contribution is 0.955. The summed E-state index contributed by atoms with van der Waals surface area (Å²) in [6.07, 6.45) is 0. The molecule has 5 heteroatoms. The van der Waals surface area contributed by atoms with E-state index >= 15 is 0 Å². The van der Waals surface area contributed by atoms with E-state index in [1.165, 1.54) is 11.1 Å². The molecule has 0 amide bonds. The second kappa shape index (κ2) is 14.7. The second-order valence-electron chi connectivity index (χ2n) is 15.6. The molecular weight excluding hydrogens is 755 g/mol. The highest BCUT2D eigenvalue weighted by Crippen LogP contribution is 2.44. The quantitative estimate of drug-likeness (QED) is 0.162. The van der Waals surface area contributed by atoms with Crippen molar-refractivity contribution < 1.29 is 0 Å². The van der Waals surface area contributed by atoms with Crippen LogP contribution in [0.3, 0.4) is 0 Å². The van der Waals surface area contributed by atoms with E-state index in [0.717, 1.165) is 82.7 Å². The van der Waals surface area contributed by atoms with Gasteiger partial charge in [0.15, 0.2) is 11.6 Å². The van der Waals surface area contributed by atoms with E-state index in [-0.39, 0.29) is 0 Å². The van der Waals surface area contributed by atoms with Gasteiger partial charge in [-0.3, -0.25) is 4.57 Å². The van der Waals surface area contributed by atoms with Crippen LogP contribution in [0, 0.1) is 0 Å². The van der Waals surface area contributed by atoms with Gasteiger partial charge in [0, 0.05) is 38.2 Å². The van der Waals surface area contributed by atoms with Crippen molar-refractivity contribution in [2.24, 2.45) is 0 Å². The number of rotatable bonds is 7. The standard InChI is InChI=1S/C57H37N5/c1-5-18-38(19-6-1)42-26-17-27-43(36-42)44-32-33-45(39-20-7-2-8-21-39)52(37-44)61-50-31-16-14-29-48(50)53-51(61)35-34-47-46-28-13-15-30-49(46)62(54(47)53)57-59-55(40-22-9-3-10-23-40)58-56(60-57)41-24-11-4-12-25-41/h1-37H. The molecule has 12 aromatic rings. The highest BCUT2D eigenvalue weighted by molar-refractivity contribution is 6.26. The monoisotopic (exact) mass is 791 g/mol. The van der Waals surface area contributed by atoms with E-state index < -0.39 is 0 Å². The number of nitrogens with zero attached hydrogens (tertiary/aromatic N) is 5. The molecule has 0 saturated heterocycles. The first-order chi connectivity index (χ1) is 30.8. The average molecular weight is 792 g/mol. The lowest BCUT2D eigenvalue weighted by Crippen LogP contribution is -2.06. The number of aromatic nitrogens is 5. The lowest BCUT2D eigenvalue weighted by Gasteiger charge is -2.17. The maximum Gasteiger partial charge on any atom is 0.238 e. The van der Waals surface area contributed by atoms with E-state index in [2.05, 4.69) is 197 Å². The SMILES string of the molecule is c1ccc(-c2cccc(-c3ccc(-c4ccccc4)c(-n4c5ccccc5c5c4ccc4c6ccccc6n(-c6nc(-c7ccccc7)nc(-c7ccccc7)n6)c45)c3)c2)cc1. The number of fused-ring (bicyclic) bond motifs is 7. The molecule has 0 saturated carbocycles. The van der Waals surface area contributed by atoms with Gasteiger partial charge in [-0.25, -0.2) is 4.98 Å². The van der Waals surface area contributed by atoms with Crippen molar-refractivity contribution in [3.05, 3.63) is 224 Å². The van der Waals surface area contributed by atoms with Crippen LogP contribution in [-0.4, -0.2) is 24.1 Å². The largest absolute Gasteiger partial charge is 0.309 e. The maximum absolute atomic E-state index is 5.29. The first-order valence-corrected chi connectivity index (χ1v) is 21.0. The fraction of sp³-hybridized carbons (Fsp3) is 0. The molecule has 0 bridgehead atoms. The molecule has 3 heterocycles. The number of hydrogen-bond acceptors (Lipinski definition) is 3. The van der Waals surface area contributed by atoms with Crippen LogP contribution in [-0.2, 0) is 0 Å². The summed E-state index contributed by atoms with van der Waals surface area (Å²) in [5.41, 5.74) is 14.2. The molecule has 0 unspecified atom stereocenters. The van der Waals surface area contributed by atoms with Crippen LogP contribution in [0.4, 0.5) is 0 Å². The summed E-state index contributed by atoms with van der Waals surface area (Å²) in [6.45, 7) is 0. The molecule has 290 valence electrons. The minimum atomic E-state index is 0.568. The van der Waals surface area contributed by atoms with Gasteiger partial charge in [-0.15, -0.1) is 0 Å². The van der Waals surface area contributed by atoms with Gasteiger partial charge >= 0.3 is 0 Å². The summed E-state index contributed by atoms with van der Waals surface area (Å²) in [4.78, 5) is 15.6. The van der Waals surface area contributed by atoms with Crippen molar-refractivity contribution in [1.29, 1.82) is 0 Å². The summed E-state index contributed by atoms with van der Waals surface area (Å²) < 4.78 is 4.71. The summed E-state index contributed by atoms with van der Waals surface area (Å²) in [6, 6.07) is 79.4. The first kappa shape index (κ1) is 35.5. The highest BCUT2D eigenvalue weighted by atomic mass is 15.2. The van der Waals surface area contributed by atoms with Crippen LogP contribution in [0.5, 0.6) is 0 Å². The Hall–Kier alpha value is -8.41. The maximum atomic E-state index is 5.29. The zero-order valence-electron chi connectivity index (χ0n) is 33.6. The van der Waals surface area contributed by atoms with Gasteiger partial charge in [0.1, 0.15) is 0 Å². The fourth-order valence-corrected chi connectivity index (χ4v) is 9.14. The van der Waals surface area contributed by atoms with E-state index in [1.807, 2.05) is 36.4 Å². The van der Waals surface area contributed by atoms with Crippen LogP contribution < -0.4 is 0 Å². The Balaban J connectivity index is 1.17. The van der Waals surface area contributed by atoms with Crippen molar-refractivity contribution in [2.75, 3.05) is 0 Å². The molecule has 9 aromatic carbocycles. The molecule has 0 spiro atoms. The van der Waals surface area contributed by atoms with Gasteiger partial charge in [-0.1, -0.05) is 194 Å². The smallest absolute Gasteiger partial charge is 0.238 e. The molecule has 62 heavy (non-hydrogen) atoms. The Bertz CT molecular complexity index is 3550. The predicted molar refractivity (Wildman–Crippen MR) is 256 cm³/mol. The van der Waals surface area contributed by atoms with Crippen molar-refractivity contribution in [2.45, 2.75) is 0 Å². The minimum absolute atomic E-state index is 0.568. The van der Waals surface area contributed by atoms with E-state index in [0.29, 0.717) is 17.6 Å². The van der Waals surface area contributed by atoms with Crippen LogP contribution >= 0.6 is 0 Å². The van der Waals surface area contributed by atoms with E-state index in [1.54, 1.807) is 0 Å². The van der Waals surface area contributed by atoms with Crippen molar-refractivity contribution in [3.63, 3.8) is 0 Å². The Morgan fingerprint density at radius 2 is 0.790 bits per heavy atom. The van der Waals surface area contributed by atoms with Gasteiger partial charge < -0.3 is 4.57 Å². The summed E-state index contributed by atoms with van der Waals surface area (Å²) in [5.74, 6) is 1.81. The number of para-hydroxylation sites is 2. The van der Waals surface area contributed by atoms with Crippen molar-refractivity contribution in [3.8, 4) is 67.8 Å². The molecule has 3 aromatic heterocycles. The molecule has 0 aliphatic heterocycles. The van der Waals surface area contributed by atoms with Crippen molar-refractivity contribution >= 4 is 43.6 Å². The molecule has 12 rings (SSSR count). The topological polar surface area (TPSA) is 48.5 Å². The predicted octanol–water partition coefficient (Wildman–Crippen LogP) is 14.4. The molecule has 0 fully saturated rings. The summed E-state index contributed by atoms with van der Waals surface area (Å²) in [7, 11) is 0. The Kier molecular flexibility index (Phi) is 8.42. The molecule has 0 aliphatic rings. The van der Waals surface area contributed by atoms with Crippen LogP contribution in [0.15, 0.2) is 224 Å². The van der Waals surface area contributed by atoms with E-state index in [9.17, 15) is 0 Å². The fourth-order valence-electron chi connectivity index (χ4n) is 9.14. The summed E-state index contributed by atoms with van der Waals surface area (Å²) >= 11 is 0. The third kappa shape index (κ3) is 5.90. The van der Waals surface area contributed by atoms with Crippen LogP contribution in [0.1, 0.15) is 0 Å². The first-order valence-electron chi connectivity index (χ1n) is 21.0. The van der Waals surface area contributed by atoms with Gasteiger partial charge in [0.05, 0.1) is 27.8 Å². The Morgan fingerprint density at radius 3 is 1.44 bits per heavy atom. The Morgan fingerprint density at radius 1 is 0.290 bits per heavy atom. The molecule has 0 atom stereocenters. The lowest BCUT2D eigenvalue weighted by atomic mass is 9.95. The molecule has 0 N–H and O–H groups in total. The molecule has 0 radical (unpaired) electrons. The molecular formula is C57H37N5. The molecule has 5 nitrogen and oxygen atoms in total. The third-order valence-electron chi connectivity index (χ3n) is 12.0. The Labute approximate surface area is 358 Å². The zero-order chi connectivity index (χ0) is 41.0. The zero-order valence-corrected chi connectivity index (χ0v) is 33.6. The van der Waals surface area contributed by atoms with Crippen LogP contribution in [0.25, 0.3) is 111 Å². The van der Waals surface area contributed by atoms with Gasteiger partial charge in [0.2, 0.25) is 5.95 Å². The van der Waals surface area contributed by atoms with Gasteiger partial charge in [0.25, 0.3) is 0 Å². The van der Waals surface area contributed by atoms with Crippen molar-refractivity contribution in [1.82, 2.24) is 24.1 Å². The normalized spacial score (nSPS) is 11.5. The van der Waals surface area contributed by atoms with Gasteiger partial charge in [-0.2, -0.15) is 9.97 Å². The van der Waals surface area contributed by atoms with Gasteiger partial charge in [-0.05, 0) is 58.1 Å². The third-order valence-corrected chi connectivity index (χ3v) is 12.0.